The number of fused-ring (bicyclic) bond motifs is 1. The first-order valence-corrected chi connectivity index (χ1v) is 5.02. The van der Waals surface area contributed by atoms with E-state index >= 15 is 0 Å². The number of aromatic nitrogens is 1. The maximum atomic E-state index is 4.32. The van der Waals surface area contributed by atoms with Gasteiger partial charge in [0.15, 0.2) is 0 Å². The van der Waals surface area contributed by atoms with E-state index < -0.39 is 0 Å². The first-order chi connectivity index (χ1) is 6.75. The van der Waals surface area contributed by atoms with E-state index in [4.69, 9.17) is 0 Å². The average Bonchev–Trinajstić information content (AvgIpc) is 2.57. The zero-order chi connectivity index (χ0) is 9.97. The first-order valence-electron chi connectivity index (χ1n) is 4.20. The number of nitrogens with zero attached hydrogens (tertiary/aromatic N) is 4. The summed E-state index contributed by atoms with van der Waals surface area (Å²) in [6.45, 7) is 0. The molecule has 0 saturated carbocycles. The molecule has 0 radical (unpaired) electrons. The molecule has 0 spiro atoms. The molecule has 0 amide bonds. The molecular formula is C9H10N4S. The van der Waals surface area contributed by atoms with Crippen LogP contribution in [-0.4, -0.2) is 24.1 Å². The van der Waals surface area contributed by atoms with E-state index in [1.807, 2.05) is 38.4 Å². The molecule has 0 bridgehead atoms. The topological polar surface area (TPSA) is 40.9 Å². The molecule has 0 aliphatic heterocycles. The lowest BCUT2D eigenvalue weighted by molar-refractivity contribution is 0.408. The minimum absolute atomic E-state index is 0.694. The molecule has 1 heterocycles. The molecule has 4 nitrogen and oxygen atoms in total. The van der Waals surface area contributed by atoms with E-state index in [2.05, 4.69) is 15.3 Å². The Balaban J connectivity index is 2.36. The summed E-state index contributed by atoms with van der Waals surface area (Å²) < 4.78 is 1.14. The van der Waals surface area contributed by atoms with Crippen molar-refractivity contribution in [3.63, 3.8) is 0 Å². The van der Waals surface area contributed by atoms with Crippen LogP contribution in [0.2, 0.25) is 0 Å². The summed E-state index contributed by atoms with van der Waals surface area (Å²) >= 11 is 1.54. The highest BCUT2D eigenvalue weighted by Gasteiger charge is 2.00. The third-order valence-corrected chi connectivity index (χ3v) is 2.51. The van der Waals surface area contributed by atoms with Crippen LogP contribution in [-0.2, 0) is 0 Å². The lowest BCUT2D eigenvalue weighted by atomic mass is 10.3. The van der Waals surface area contributed by atoms with E-state index in [1.54, 1.807) is 16.3 Å². The molecule has 0 N–H and O–H groups in total. The van der Waals surface area contributed by atoms with Gasteiger partial charge in [0, 0.05) is 14.1 Å². The van der Waals surface area contributed by atoms with Gasteiger partial charge in [-0.2, -0.15) is 0 Å². The zero-order valence-electron chi connectivity index (χ0n) is 8.01. The summed E-state index contributed by atoms with van der Waals surface area (Å²) in [6.07, 6.45) is 0. The standard InChI is InChI=1S/C9H10N4S/c1-13(2)12-11-9-10-7-5-3-4-6-8(7)14-9/h3-6H,1-2H3. The second-order valence-corrected chi connectivity index (χ2v) is 4.01. The van der Waals surface area contributed by atoms with Crippen LogP contribution in [0.3, 0.4) is 0 Å². The molecule has 1 aromatic carbocycles. The number of para-hydroxylation sites is 1. The molecule has 1 aromatic heterocycles. The van der Waals surface area contributed by atoms with Crippen molar-refractivity contribution in [3.8, 4) is 0 Å². The van der Waals surface area contributed by atoms with Crippen molar-refractivity contribution in [2.75, 3.05) is 14.1 Å². The highest BCUT2D eigenvalue weighted by Crippen LogP contribution is 2.27. The van der Waals surface area contributed by atoms with E-state index in [0.717, 1.165) is 10.2 Å². The fourth-order valence-corrected chi connectivity index (χ4v) is 1.81. The minimum Gasteiger partial charge on any atom is -0.284 e. The Labute approximate surface area is 85.9 Å². The van der Waals surface area contributed by atoms with Crippen LogP contribution in [0.1, 0.15) is 0 Å². The lowest BCUT2D eigenvalue weighted by Crippen LogP contribution is -1.98. The molecule has 0 unspecified atom stereocenters. The van der Waals surface area contributed by atoms with Gasteiger partial charge in [-0.05, 0) is 12.1 Å². The number of benzene rings is 1. The fraction of sp³-hybridized carbons (Fsp3) is 0.222. The molecule has 0 aliphatic rings. The van der Waals surface area contributed by atoms with Gasteiger partial charge in [-0.25, -0.2) is 4.98 Å². The van der Waals surface area contributed by atoms with Gasteiger partial charge in [0.05, 0.1) is 10.2 Å². The quantitative estimate of drug-likeness (QED) is 0.560. The molecule has 0 fully saturated rings. The van der Waals surface area contributed by atoms with Crippen LogP contribution < -0.4 is 0 Å². The maximum Gasteiger partial charge on any atom is 0.232 e. The minimum atomic E-state index is 0.694. The van der Waals surface area contributed by atoms with Crippen LogP contribution in [0.5, 0.6) is 0 Å². The van der Waals surface area contributed by atoms with Gasteiger partial charge < -0.3 is 0 Å². The van der Waals surface area contributed by atoms with Gasteiger partial charge in [-0.15, -0.1) is 5.11 Å². The summed E-state index contributed by atoms with van der Waals surface area (Å²) in [7, 11) is 3.66. The number of hydrogen-bond acceptors (Lipinski definition) is 4. The summed E-state index contributed by atoms with van der Waals surface area (Å²) in [5, 5.41) is 10.2. The molecule has 5 heteroatoms. The molecule has 0 saturated heterocycles. The Morgan fingerprint density at radius 1 is 1.29 bits per heavy atom. The van der Waals surface area contributed by atoms with Gasteiger partial charge in [0.2, 0.25) is 5.13 Å². The zero-order valence-corrected chi connectivity index (χ0v) is 8.82. The average molecular weight is 206 g/mol. The molecule has 14 heavy (non-hydrogen) atoms. The number of thiazole rings is 1. The Hall–Kier alpha value is -1.49. The SMILES string of the molecule is CN(C)N=Nc1nc2ccccc2s1. The van der Waals surface area contributed by atoms with E-state index in [0.29, 0.717) is 5.13 Å². The second kappa shape index (κ2) is 3.71. The van der Waals surface area contributed by atoms with Crippen molar-refractivity contribution < 1.29 is 0 Å². The Morgan fingerprint density at radius 2 is 2.07 bits per heavy atom. The molecule has 2 aromatic rings. The highest BCUT2D eigenvalue weighted by molar-refractivity contribution is 7.21. The third kappa shape index (κ3) is 1.88. The van der Waals surface area contributed by atoms with E-state index in [9.17, 15) is 0 Å². The van der Waals surface area contributed by atoms with Gasteiger partial charge in [0.1, 0.15) is 0 Å². The molecule has 2 rings (SSSR count). The third-order valence-electron chi connectivity index (χ3n) is 1.59. The van der Waals surface area contributed by atoms with Crippen LogP contribution in [0.4, 0.5) is 5.13 Å². The summed E-state index contributed by atoms with van der Waals surface area (Å²) in [6, 6.07) is 7.96. The monoisotopic (exact) mass is 206 g/mol. The van der Waals surface area contributed by atoms with Gasteiger partial charge in [-0.1, -0.05) is 28.7 Å². The van der Waals surface area contributed by atoms with E-state index in [1.165, 1.54) is 0 Å². The maximum absolute atomic E-state index is 4.32. The summed E-state index contributed by atoms with van der Waals surface area (Å²) in [4.78, 5) is 4.32. The van der Waals surface area contributed by atoms with Crippen molar-refractivity contribution in [3.05, 3.63) is 24.3 Å². The molecular weight excluding hydrogens is 196 g/mol. The predicted octanol–water partition coefficient (Wildman–Crippen LogP) is 2.86. The van der Waals surface area contributed by atoms with Crippen LogP contribution in [0.25, 0.3) is 10.2 Å². The lowest BCUT2D eigenvalue weighted by Gasteiger charge is -1.97. The molecule has 0 atom stereocenters. The summed E-state index contributed by atoms with van der Waals surface area (Å²) in [5.41, 5.74) is 0.977. The highest BCUT2D eigenvalue weighted by atomic mass is 32.1. The van der Waals surface area contributed by atoms with Crippen LogP contribution in [0, 0.1) is 0 Å². The van der Waals surface area contributed by atoms with Gasteiger partial charge in [-0.3, -0.25) is 5.01 Å². The largest absolute Gasteiger partial charge is 0.284 e. The predicted molar refractivity (Wildman–Crippen MR) is 57.8 cm³/mol. The van der Waals surface area contributed by atoms with Crippen molar-refractivity contribution in [2.24, 2.45) is 10.3 Å². The van der Waals surface area contributed by atoms with Crippen LogP contribution in [0.15, 0.2) is 34.6 Å². The first kappa shape index (κ1) is 9.08. The summed E-state index contributed by atoms with van der Waals surface area (Å²) in [5.74, 6) is 0. The second-order valence-electron chi connectivity index (χ2n) is 3.00. The van der Waals surface area contributed by atoms with Crippen molar-refractivity contribution >= 4 is 26.7 Å². The number of rotatable bonds is 2. The van der Waals surface area contributed by atoms with Crippen molar-refractivity contribution in [1.29, 1.82) is 0 Å². The Bertz CT molecular complexity index is 428. The Kier molecular flexibility index (Phi) is 2.41. The molecule has 0 aliphatic carbocycles. The van der Waals surface area contributed by atoms with Crippen molar-refractivity contribution in [2.45, 2.75) is 0 Å². The van der Waals surface area contributed by atoms with Gasteiger partial charge >= 0.3 is 0 Å². The molecule has 72 valence electrons. The Morgan fingerprint density at radius 3 is 2.79 bits per heavy atom. The van der Waals surface area contributed by atoms with Crippen molar-refractivity contribution in [1.82, 2.24) is 9.99 Å². The van der Waals surface area contributed by atoms with Crippen LogP contribution >= 0.6 is 11.3 Å². The van der Waals surface area contributed by atoms with Gasteiger partial charge in [0.25, 0.3) is 0 Å². The number of hydrogen-bond donors (Lipinski definition) is 0. The normalized spacial score (nSPS) is 11.3. The van der Waals surface area contributed by atoms with E-state index in [-0.39, 0.29) is 0 Å². The smallest absolute Gasteiger partial charge is 0.232 e. The fourth-order valence-electron chi connectivity index (χ4n) is 1.03.